The van der Waals surface area contributed by atoms with Crippen LogP contribution in [-0.2, 0) is 14.8 Å². The summed E-state index contributed by atoms with van der Waals surface area (Å²) < 4.78 is 32.6. The van der Waals surface area contributed by atoms with Crippen molar-refractivity contribution in [2.45, 2.75) is 44.0 Å². The number of rotatable bonds is 6. The highest BCUT2D eigenvalue weighted by molar-refractivity contribution is 7.89. The zero-order valence-electron chi connectivity index (χ0n) is 14.8. The molecule has 2 rings (SSSR count). The van der Waals surface area contributed by atoms with Crippen LogP contribution in [0.15, 0.2) is 23.1 Å². The van der Waals surface area contributed by atoms with Gasteiger partial charge in [0.1, 0.15) is 10.6 Å². The van der Waals surface area contributed by atoms with Gasteiger partial charge in [0, 0.05) is 24.2 Å². The van der Waals surface area contributed by atoms with E-state index < -0.39 is 10.0 Å². The number of hydrogen-bond donors (Lipinski definition) is 1. The number of nitrogens with one attached hydrogen (secondary N) is 1. The van der Waals surface area contributed by atoms with Crippen molar-refractivity contribution in [2.75, 3.05) is 20.2 Å². The van der Waals surface area contributed by atoms with Gasteiger partial charge >= 0.3 is 0 Å². The Balaban J connectivity index is 2.22. The molecule has 1 aliphatic rings. The molecule has 140 valence electrons. The summed E-state index contributed by atoms with van der Waals surface area (Å²) >= 11 is 5.97. The molecule has 0 unspecified atom stereocenters. The maximum atomic E-state index is 13.0. The van der Waals surface area contributed by atoms with Crippen molar-refractivity contribution in [3.63, 3.8) is 0 Å². The Kier molecular flexibility index (Phi) is 6.71. The molecule has 0 aliphatic carbocycles. The number of carbonyl (C=O) groups is 1. The van der Waals surface area contributed by atoms with Crippen molar-refractivity contribution in [1.82, 2.24) is 9.62 Å². The standard InChI is InChI=1S/C17H25ClN2O4S/c1-4-12(2)19-17(21)13-6-5-9-20(11-13)25(22,23)16-10-14(18)7-8-15(16)24-3/h7-8,10,12-13H,4-6,9,11H2,1-3H3,(H,19,21)/t12-,13-/m1/s1. The number of sulfonamides is 1. The molecule has 8 heteroatoms. The molecule has 1 N–H and O–H groups in total. The predicted molar refractivity (Wildman–Crippen MR) is 97.4 cm³/mol. The minimum Gasteiger partial charge on any atom is -0.495 e. The summed E-state index contributed by atoms with van der Waals surface area (Å²) in [4.78, 5) is 12.4. The highest BCUT2D eigenvalue weighted by Crippen LogP contribution is 2.31. The number of methoxy groups -OCH3 is 1. The molecule has 25 heavy (non-hydrogen) atoms. The van der Waals surface area contributed by atoms with E-state index in [1.54, 1.807) is 6.07 Å². The van der Waals surface area contributed by atoms with Crippen molar-refractivity contribution < 1.29 is 17.9 Å². The van der Waals surface area contributed by atoms with Crippen LogP contribution in [0.1, 0.15) is 33.1 Å². The summed E-state index contributed by atoms with van der Waals surface area (Å²) in [5, 5.41) is 3.26. The smallest absolute Gasteiger partial charge is 0.246 e. The first-order chi connectivity index (χ1) is 11.8. The van der Waals surface area contributed by atoms with Crippen LogP contribution in [0.2, 0.25) is 5.02 Å². The summed E-state index contributed by atoms with van der Waals surface area (Å²) in [6, 6.07) is 4.58. The van der Waals surface area contributed by atoms with E-state index in [9.17, 15) is 13.2 Å². The summed E-state index contributed by atoms with van der Waals surface area (Å²) in [7, 11) is -2.37. The Labute approximate surface area is 154 Å². The zero-order chi connectivity index (χ0) is 18.6. The first kappa shape index (κ1) is 20.0. The van der Waals surface area contributed by atoms with Gasteiger partial charge in [0.2, 0.25) is 15.9 Å². The van der Waals surface area contributed by atoms with Crippen molar-refractivity contribution in [3.05, 3.63) is 23.2 Å². The minimum absolute atomic E-state index is 0.0329. The molecule has 0 bridgehead atoms. The van der Waals surface area contributed by atoms with E-state index in [1.165, 1.54) is 23.5 Å². The fourth-order valence-corrected chi connectivity index (χ4v) is 4.77. The van der Waals surface area contributed by atoms with E-state index in [-0.39, 0.29) is 35.1 Å². The molecule has 1 aliphatic heterocycles. The van der Waals surface area contributed by atoms with E-state index in [1.807, 2.05) is 13.8 Å². The van der Waals surface area contributed by atoms with Gasteiger partial charge in [-0.05, 0) is 44.4 Å². The van der Waals surface area contributed by atoms with Crippen LogP contribution in [0.5, 0.6) is 5.75 Å². The Morgan fingerprint density at radius 2 is 2.20 bits per heavy atom. The third-order valence-corrected chi connectivity index (χ3v) is 6.62. The van der Waals surface area contributed by atoms with Gasteiger partial charge in [0.05, 0.1) is 13.0 Å². The maximum absolute atomic E-state index is 13.0. The molecule has 1 fully saturated rings. The lowest BCUT2D eigenvalue weighted by atomic mass is 9.98. The van der Waals surface area contributed by atoms with Crippen molar-refractivity contribution in [1.29, 1.82) is 0 Å². The van der Waals surface area contributed by atoms with Crippen LogP contribution < -0.4 is 10.1 Å². The Hall–Kier alpha value is -1.31. The topological polar surface area (TPSA) is 75.7 Å². The van der Waals surface area contributed by atoms with Crippen LogP contribution in [0.25, 0.3) is 0 Å². The molecule has 0 radical (unpaired) electrons. The lowest BCUT2D eigenvalue weighted by Gasteiger charge is -2.32. The van der Waals surface area contributed by atoms with Crippen LogP contribution >= 0.6 is 11.6 Å². The summed E-state index contributed by atoms with van der Waals surface area (Å²) in [6.07, 6.45) is 2.15. The average Bonchev–Trinajstić information content (AvgIpc) is 2.61. The normalized spacial score (nSPS) is 20.1. The van der Waals surface area contributed by atoms with Crippen molar-refractivity contribution >= 4 is 27.5 Å². The van der Waals surface area contributed by atoms with Crippen molar-refractivity contribution in [3.8, 4) is 5.75 Å². The van der Waals surface area contributed by atoms with Gasteiger partial charge in [-0.3, -0.25) is 4.79 Å². The summed E-state index contributed by atoms with van der Waals surface area (Å²) in [5.41, 5.74) is 0. The lowest BCUT2D eigenvalue weighted by molar-refractivity contribution is -0.126. The van der Waals surface area contributed by atoms with E-state index >= 15 is 0 Å². The first-order valence-corrected chi connectivity index (χ1v) is 10.3. The number of ether oxygens (including phenoxy) is 1. The van der Waals surface area contributed by atoms with E-state index in [4.69, 9.17) is 16.3 Å². The fraction of sp³-hybridized carbons (Fsp3) is 0.588. The maximum Gasteiger partial charge on any atom is 0.246 e. The lowest BCUT2D eigenvalue weighted by Crippen LogP contribution is -2.47. The first-order valence-electron chi connectivity index (χ1n) is 8.43. The molecule has 1 aromatic rings. The Morgan fingerprint density at radius 3 is 2.84 bits per heavy atom. The number of benzene rings is 1. The van der Waals surface area contributed by atoms with Gasteiger partial charge in [-0.2, -0.15) is 4.31 Å². The van der Waals surface area contributed by atoms with Gasteiger partial charge in [-0.1, -0.05) is 18.5 Å². The summed E-state index contributed by atoms with van der Waals surface area (Å²) in [5.74, 6) is -0.189. The van der Waals surface area contributed by atoms with Crippen LogP contribution in [0.4, 0.5) is 0 Å². The van der Waals surface area contributed by atoms with Crippen molar-refractivity contribution in [2.24, 2.45) is 5.92 Å². The molecule has 1 heterocycles. The fourth-order valence-electron chi connectivity index (χ4n) is 2.83. The zero-order valence-corrected chi connectivity index (χ0v) is 16.4. The van der Waals surface area contributed by atoms with Crippen LogP contribution in [0, 0.1) is 5.92 Å². The molecule has 0 spiro atoms. The number of hydrogen-bond acceptors (Lipinski definition) is 4. The number of amides is 1. The highest BCUT2D eigenvalue weighted by Gasteiger charge is 2.35. The quantitative estimate of drug-likeness (QED) is 0.812. The van der Waals surface area contributed by atoms with Gasteiger partial charge in [0.25, 0.3) is 0 Å². The van der Waals surface area contributed by atoms with E-state index in [0.717, 1.165) is 6.42 Å². The molecular formula is C17H25ClN2O4S. The van der Waals surface area contributed by atoms with Crippen LogP contribution in [0.3, 0.4) is 0 Å². The molecular weight excluding hydrogens is 364 g/mol. The largest absolute Gasteiger partial charge is 0.495 e. The van der Waals surface area contributed by atoms with Gasteiger partial charge in [-0.15, -0.1) is 0 Å². The minimum atomic E-state index is -3.78. The predicted octanol–water partition coefficient (Wildman–Crippen LogP) is 2.66. The SMILES string of the molecule is CC[C@@H](C)NC(=O)[C@@H]1CCCN(S(=O)(=O)c2cc(Cl)ccc2OC)C1. The van der Waals surface area contributed by atoms with Gasteiger partial charge in [-0.25, -0.2) is 8.42 Å². The monoisotopic (exact) mass is 388 g/mol. The molecule has 0 aromatic heterocycles. The van der Waals surface area contributed by atoms with Gasteiger partial charge < -0.3 is 10.1 Å². The number of carbonyl (C=O) groups excluding carboxylic acids is 1. The molecule has 2 atom stereocenters. The van der Waals surface area contributed by atoms with Crippen LogP contribution in [-0.4, -0.2) is 44.9 Å². The number of piperidine rings is 1. The summed E-state index contributed by atoms with van der Waals surface area (Å²) in [6.45, 7) is 4.48. The second kappa shape index (κ2) is 8.38. The third-order valence-electron chi connectivity index (χ3n) is 4.50. The number of nitrogens with zero attached hydrogens (tertiary/aromatic N) is 1. The average molecular weight is 389 g/mol. The third kappa shape index (κ3) is 4.65. The Morgan fingerprint density at radius 1 is 1.48 bits per heavy atom. The second-order valence-electron chi connectivity index (χ2n) is 6.32. The molecule has 6 nitrogen and oxygen atoms in total. The molecule has 1 saturated heterocycles. The second-order valence-corrected chi connectivity index (χ2v) is 8.66. The molecule has 0 saturated carbocycles. The Bertz CT molecular complexity index is 723. The number of halogens is 1. The van der Waals surface area contributed by atoms with E-state index in [2.05, 4.69) is 5.32 Å². The van der Waals surface area contributed by atoms with E-state index in [0.29, 0.717) is 24.4 Å². The molecule has 1 amide bonds. The highest BCUT2D eigenvalue weighted by atomic mass is 35.5. The van der Waals surface area contributed by atoms with Gasteiger partial charge in [0.15, 0.2) is 0 Å². The molecule has 1 aromatic carbocycles.